The number of hydrogen-bond acceptors (Lipinski definition) is 2. The Bertz CT molecular complexity index is 1030. The highest BCUT2D eigenvalue weighted by atomic mass is 79.9. The number of carbonyl (C=O) groups excluding carboxylic acids is 1. The highest BCUT2D eigenvalue weighted by Gasteiger charge is 2.32. The summed E-state index contributed by atoms with van der Waals surface area (Å²) in [4.78, 5) is 16.2. The van der Waals surface area contributed by atoms with E-state index in [2.05, 4.69) is 42.0 Å². The first-order valence-electron chi connectivity index (χ1n) is 10.2. The molecule has 1 N–H and O–H groups in total. The normalized spacial score (nSPS) is 12.1. The molecule has 0 aliphatic rings. The SMILES string of the molecule is CC(C)(C)NC(=S)C(c1ccccc1Br)N(Cc1ccccc1)C(=O)c1ccccc1. The van der Waals surface area contributed by atoms with Crippen molar-refractivity contribution >= 4 is 39.0 Å². The molecule has 0 saturated carbocycles. The molecule has 0 saturated heterocycles. The zero-order valence-corrected chi connectivity index (χ0v) is 20.4. The van der Waals surface area contributed by atoms with Gasteiger partial charge in [-0.2, -0.15) is 0 Å². The molecule has 0 aliphatic heterocycles. The van der Waals surface area contributed by atoms with Crippen molar-refractivity contribution < 1.29 is 4.79 Å². The van der Waals surface area contributed by atoms with E-state index < -0.39 is 6.04 Å². The first kappa shape index (κ1) is 23.2. The van der Waals surface area contributed by atoms with Crippen molar-refractivity contribution in [3.05, 3.63) is 106 Å². The predicted octanol–water partition coefficient (Wildman–Crippen LogP) is 6.55. The van der Waals surface area contributed by atoms with Gasteiger partial charge in [0, 0.05) is 22.1 Å². The number of rotatable bonds is 6. The number of halogens is 1. The molecule has 1 unspecified atom stereocenters. The van der Waals surface area contributed by atoms with E-state index in [9.17, 15) is 4.79 Å². The minimum Gasteiger partial charge on any atom is -0.373 e. The van der Waals surface area contributed by atoms with E-state index in [4.69, 9.17) is 12.2 Å². The van der Waals surface area contributed by atoms with Crippen molar-refractivity contribution in [3.63, 3.8) is 0 Å². The Hall–Kier alpha value is -2.50. The van der Waals surface area contributed by atoms with Gasteiger partial charge in [-0.3, -0.25) is 4.79 Å². The summed E-state index contributed by atoms with van der Waals surface area (Å²) in [6.07, 6.45) is 0. The van der Waals surface area contributed by atoms with Crippen molar-refractivity contribution in [3.8, 4) is 0 Å². The lowest BCUT2D eigenvalue weighted by Gasteiger charge is -2.36. The lowest BCUT2D eigenvalue weighted by atomic mass is 10.0. The third-order valence-electron chi connectivity index (χ3n) is 4.74. The van der Waals surface area contributed by atoms with Gasteiger partial charge in [-0.05, 0) is 50.1 Å². The number of carbonyl (C=O) groups is 1. The fourth-order valence-electron chi connectivity index (χ4n) is 3.39. The summed E-state index contributed by atoms with van der Waals surface area (Å²) in [7, 11) is 0. The lowest BCUT2D eigenvalue weighted by molar-refractivity contribution is 0.0707. The lowest BCUT2D eigenvalue weighted by Crippen LogP contribution is -2.48. The Labute approximate surface area is 198 Å². The maximum atomic E-state index is 13.8. The minimum atomic E-state index is -0.433. The third kappa shape index (κ3) is 6.25. The van der Waals surface area contributed by atoms with E-state index in [0.717, 1.165) is 15.6 Å². The number of nitrogens with zero attached hydrogens (tertiary/aromatic N) is 1. The quantitative estimate of drug-likeness (QED) is 0.394. The Morgan fingerprint density at radius 3 is 2.06 bits per heavy atom. The Balaban J connectivity index is 2.12. The largest absolute Gasteiger partial charge is 0.373 e. The van der Waals surface area contributed by atoms with Crippen molar-refractivity contribution in [2.75, 3.05) is 0 Å². The van der Waals surface area contributed by atoms with Crippen molar-refractivity contribution in [2.24, 2.45) is 0 Å². The van der Waals surface area contributed by atoms with Crippen LogP contribution in [0.4, 0.5) is 0 Å². The van der Waals surface area contributed by atoms with Gasteiger partial charge in [-0.15, -0.1) is 0 Å². The second-order valence-corrected chi connectivity index (χ2v) is 9.74. The molecule has 1 amide bonds. The van der Waals surface area contributed by atoms with Crippen molar-refractivity contribution in [2.45, 2.75) is 38.9 Å². The standard InChI is InChI=1S/C26H27BrN2OS/c1-26(2,3)28-24(31)23(21-16-10-11-17-22(21)27)29(18-19-12-6-4-7-13-19)25(30)20-14-8-5-9-15-20/h4-17,23H,18H2,1-3H3,(H,28,31). The minimum absolute atomic E-state index is 0.0664. The summed E-state index contributed by atoms with van der Waals surface area (Å²) in [6.45, 7) is 6.64. The molecule has 3 aromatic rings. The van der Waals surface area contributed by atoms with Gasteiger partial charge in [-0.25, -0.2) is 0 Å². The van der Waals surface area contributed by atoms with E-state index in [0.29, 0.717) is 17.1 Å². The molecule has 5 heteroatoms. The molecule has 160 valence electrons. The van der Waals surface area contributed by atoms with E-state index in [1.165, 1.54) is 0 Å². The smallest absolute Gasteiger partial charge is 0.255 e. The molecule has 31 heavy (non-hydrogen) atoms. The van der Waals surface area contributed by atoms with Crippen molar-refractivity contribution in [1.29, 1.82) is 0 Å². The van der Waals surface area contributed by atoms with Crippen LogP contribution in [0.2, 0.25) is 0 Å². The third-order valence-corrected chi connectivity index (χ3v) is 5.78. The molecule has 0 spiro atoms. The monoisotopic (exact) mass is 494 g/mol. The Morgan fingerprint density at radius 2 is 1.48 bits per heavy atom. The fourth-order valence-corrected chi connectivity index (χ4v) is 4.45. The van der Waals surface area contributed by atoms with Crippen LogP contribution in [0.5, 0.6) is 0 Å². The van der Waals surface area contributed by atoms with Crippen molar-refractivity contribution in [1.82, 2.24) is 10.2 Å². The summed E-state index contributed by atoms with van der Waals surface area (Å²) in [5, 5.41) is 3.43. The van der Waals surface area contributed by atoms with Gasteiger partial charge in [0.15, 0.2) is 0 Å². The van der Waals surface area contributed by atoms with E-state index in [-0.39, 0.29) is 11.4 Å². The highest BCUT2D eigenvalue weighted by Crippen LogP contribution is 2.32. The summed E-state index contributed by atoms with van der Waals surface area (Å²) in [6, 6.07) is 26.9. The van der Waals surface area contributed by atoms with Crippen LogP contribution in [0.1, 0.15) is 48.3 Å². The first-order chi connectivity index (χ1) is 14.8. The van der Waals surface area contributed by atoms with Crippen LogP contribution in [0.3, 0.4) is 0 Å². The maximum Gasteiger partial charge on any atom is 0.255 e. The molecule has 0 bridgehead atoms. The molecule has 0 radical (unpaired) electrons. The van der Waals surface area contributed by atoms with Crippen LogP contribution in [-0.4, -0.2) is 21.3 Å². The highest BCUT2D eigenvalue weighted by molar-refractivity contribution is 9.10. The van der Waals surface area contributed by atoms with E-state index in [1.807, 2.05) is 89.8 Å². The number of hydrogen-bond donors (Lipinski definition) is 1. The van der Waals surface area contributed by atoms with Gasteiger partial charge in [-0.1, -0.05) is 94.9 Å². The van der Waals surface area contributed by atoms with Gasteiger partial charge in [0.2, 0.25) is 0 Å². The molecule has 0 fully saturated rings. The Morgan fingerprint density at radius 1 is 0.935 bits per heavy atom. The zero-order valence-electron chi connectivity index (χ0n) is 18.0. The maximum absolute atomic E-state index is 13.8. The number of nitrogens with one attached hydrogen (secondary N) is 1. The van der Waals surface area contributed by atoms with Crippen LogP contribution in [0, 0.1) is 0 Å². The van der Waals surface area contributed by atoms with Crippen LogP contribution in [-0.2, 0) is 6.54 Å². The second kappa shape index (κ2) is 10.2. The number of amides is 1. The average molecular weight is 495 g/mol. The average Bonchev–Trinajstić information content (AvgIpc) is 2.74. The zero-order chi connectivity index (χ0) is 22.4. The second-order valence-electron chi connectivity index (χ2n) is 8.45. The van der Waals surface area contributed by atoms with Gasteiger partial charge < -0.3 is 10.2 Å². The van der Waals surface area contributed by atoms with E-state index >= 15 is 0 Å². The summed E-state index contributed by atoms with van der Waals surface area (Å²) >= 11 is 9.58. The number of thiocarbonyl (C=S) groups is 1. The summed E-state index contributed by atoms with van der Waals surface area (Å²) < 4.78 is 0.914. The van der Waals surface area contributed by atoms with Gasteiger partial charge in [0.1, 0.15) is 11.0 Å². The molecule has 3 aromatic carbocycles. The molecule has 1 atom stereocenters. The topological polar surface area (TPSA) is 32.3 Å². The molecule has 0 aromatic heterocycles. The van der Waals surface area contributed by atoms with Gasteiger partial charge in [0.05, 0.1) is 0 Å². The molecular weight excluding hydrogens is 468 g/mol. The number of benzene rings is 3. The first-order valence-corrected chi connectivity index (χ1v) is 11.4. The molecule has 3 nitrogen and oxygen atoms in total. The van der Waals surface area contributed by atoms with Gasteiger partial charge >= 0.3 is 0 Å². The summed E-state index contributed by atoms with van der Waals surface area (Å²) in [5.41, 5.74) is 2.39. The van der Waals surface area contributed by atoms with Crippen LogP contribution in [0.25, 0.3) is 0 Å². The Kier molecular flexibility index (Phi) is 7.63. The molecule has 0 heterocycles. The molecule has 3 rings (SSSR count). The molecule has 0 aliphatic carbocycles. The van der Waals surface area contributed by atoms with Gasteiger partial charge in [0.25, 0.3) is 5.91 Å². The summed E-state index contributed by atoms with van der Waals surface area (Å²) in [5.74, 6) is -0.0664. The van der Waals surface area contributed by atoms with Crippen LogP contribution >= 0.6 is 28.1 Å². The van der Waals surface area contributed by atoms with Crippen LogP contribution < -0.4 is 5.32 Å². The van der Waals surface area contributed by atoms with E-state index in [1.54, 1.807) is 0 Å². The fraction of sp³-hybridized carbons (Fsp3) is 0.231. The predicted molar refractivity (Wildman–Crippen MR) is 135 cm³/mol. The van der Waals surface area contributed by atoms with Crippen LogP contribution in [0.15, 0.2) is 89.4 Å². The molecular formula is C26H27BrN2OS.